The highest BCUT2D eigenvalue weighted by Gasteiger charge is 2.32. The molecule has 0 unspecified atom stereocenters. The number of fused-ring (bicyclic) bond motifs is 1. The van der Waals surface area contributed by atoms with Gasteiger partial charge >= 0.3 is 0 Å². The van der Waals surface area contributed by atoms with Crippen LogP contribution in [0.3, 0.4) is 0 Å². The largest absolute Gasteiger partial charge is 0.451 e. The van der Waals surface area contributed by atoms with E-state index in [2.05, 4.69) is 5.32 Å². The molecule has 5 heteroatoms. The lowest BCUT2D eigenvalue weighted by Gasteiger charge is -2.21. The number of halogens is 1. The van der Waals surface area contributed by atoms with Crippen molar-refractivity contribution in [2.75, 3.05) is 6.54 Å². The highest BCUT2D eigenvalue weighted by atomic mass is 35.5. The molecule has 0 aliphatic heterocycles. The molecule has 1 aromatic heterocycles. The lowest BCUT2D eigenvalue weighted by molar-refractivity contribution is 0.0444. The number of hydrogen-bond donors (Lipinski definition) is 2. The maximum atomic E-state index is 12.3. The Morgan fingerprint density at radius 3 is 2.86 bits per heavy atom. The van der Waals surface area contributed by atoms with Gasteiger partial charge in [-0.1, -0.05) is 24.4 Å². The van der Waals surface area contributed by atoms with Crippen molar-refractivity contribution in [2.24, 2.45) is 0 Å². The summed E-state index contributed by atoms with van der Waals surface area (Å²) in [4.78, 5) is 12.3. The van der Waals surface area contributed by atoms with E-state index < -0.39 is 5.60 Å². The topological polar surface area (TPSA) is 62.5 Å². The van der Waals surface area contributed by atoms with E-state index >= 15 is 0 Å². The van der Waals surface area contributed by atoms with Crippen molar-refractivity contribution in [3.05, 3.63) is 34.5 Å². The van der Waals surface area contributed by atoms with Crippen LogP contribution in [0.5, 0.6) is 0 Å². The van der Waals surface area contributed by atoms with Crippen LogP contribution >= 0.6 is 11.6 Å². The first-order valence-corrected chi connectivity index (χ1v) is 7.56. The third-order valence-electron chi connectivity index (χ3n) is 4.22. The minimum Gasteiger partial charge on any atom is -0.451 e. The van der Waals surface area contributed by atoms with Gasteiger partial charge < -0.3 is 14.8 Å². The maximum absolute atomic E-state index is 12.3. The number of aliphatic hydroxyl groups is 1. The van der Waals surface area contributed by atoms with Crippen molar-refractivity contribution in [1.82, 2.24) is 5.32 Å². The van der Waals surface area contributed by atoms with E-state index in [0.717, 1.165) is 36.6 Å². The SMILES string of the molecule is Cc1c(C(=O)NCC2(O)CCCC2)oc2ccc(Cl)cc12. The van der Waals surface area contributed by atoms with E-state index in [-0.39, 0.29) is 18.2 Å². The summed E-state index contributed by atoms with van der Waals surface area (Å²) in [5, 5.41) is 14.5. The Hall–Kier alpha value is -1.52. The van der Waals surface area contributed by atoms with E-state index in [9.17, 15) is 9.90 Å². The summed E-state index contributed by atoms with van der Waals surface area (Å²) < 4.78 is 5.61. The summed E-state index contributed by atoms with van der Waals surface area (Å²) in [7, 11) is 0. The third kappa shape index (κ3) is 2.78. The second kappa shape index (κ2) is 5.35. The number of amides is 1. The number of furan rings is 1. The van der Waals surface area contributed by atoms with Crippen molar-refractivity contribution in [3.8, 4) is 0 Å². The van der Waals surface area contributed by atoms with Gasteiger partial charge in [-0.15, -0.1) is 0 Å². The van der Waals surface area contributed by atoms with Crippen LogP contribution in [-0.4, -0.2) is 23.2 Å². The Labute approximate surface area is 128 Å². The first-order valence-electron chi connectivity index (χ1n) is 7.18. The predicted octanol–water partition coefficient (Wildman–Crippen LogP) is 3.43. The van der Waals surface area contributed by atoms with Crippen molar-refractivity contribution in [3.63, 3.8) is 0 Å². The predicted molar refractivity (Wildman–Crippen MR) is 81.7 cm³/mol. The van der Waals surface area contributed by atoms with Gasteiger partial charge in [0.2, 0.25) is 0 Å². The molecule has 1 aliphatic rings. The molecular weight excluding hydrogens is 290 g/mol. The van der Waals surface area contributed by atoms with Crippen LogP contribution in [0.25, 0.3) is 11.0 Å². The monoisotopic (exact) mass is 307 g/mol. The third-order valence-corrected chi connectivity index (χ3v) is 4.45. The molecule has 0 spiro atoms. The maximum Gasteiger partial charge on any atom is 0.287 e. The van der Waals surface area contributed by atoms with Gasteiger partial charge in [0.05, 0.1) is 5.60 Å². The normalized spacial score (nSPS) is 17.3. The lowest BCUT2D eigenvalue weighted by Crippen LogP contribution is -2.40. The average Bonchev–Trinajstić information content (AvgIpc) is 3.02. The summed E-state index contributed by atoms with van der Waals surface area (Å²) in [6, 6.07) is 5.28. The summed E-state index contributed by atoms with van der Waals surface area (Å²) in [5.74, 6) is -0.00555. The molecule has 3 rings (SSSR count). The zero-order valence-electron chi connectivity index (χ0n) is 11.9. The quantitative estimate of drug-likeness (QED) is 0.913. The number of carbonyl (C=O) groups excluding carboxylic acids is 1. The van der Waals surface area contributed by atoms with Gasteiger partial charge in [-0.2, -0.15) is 0 Å². The highest BCUT2D eigenvalue weighted by Crippen LogP contribution is 2.30. The number of carbonyl (C=O) groups is 1. The van der Waals surface area contributed by atoms with Gasteiger partial charge in [0.25, 0.3) is 5.91 Å². The van der Waals surface area contributed by atoms with Crippen LogP contribution < -0.4 is 5.32 Å². The van der Waals surface area contributed by atoms with Crippen molar-refractivity contribution in [2.45, 2.75) is 38.2 Å². The fraction of sp³-hybridized carbons (Fsp3) is 0.438. The Kier molecular flexibility index (Phi) is 3.68. The van der Waals surface area contributed by atoms with E-state index in [1.807, 2.05) is 6.92 Å². The smallest absolute Gasteiger partial charge is 0.287 e. The fourth-order valence-corrected chi connectivity index (χ4v) is 3.12. The molecule has 1 heterocycles. The Morgan fingerprint density at radius 2 is 2.14 bits per heavy atom. The van der Waals surface area contributed by atoms with Gasteiger partial charge in [-0.3, -0.25) is 4.79 Å². The minimum absolute atomic E-state index is 0.267. The molecule has 0 radical (unpaired) electrons. The molecule has 4 nitrogen and oxygen atoms in total. The van der Waals surface area contributed by atoms with E-state index in [4.69, 9.17) is 16.0 Å². The number of aryl methyl sites for hydroxylation is 1. The van der Waals surface area contributed by atoms with Gasteiger partial charge in [0.15, 0.2) is 5.76 Å². The van der Waals surface area contributed by atoms with Crippen LogP contribution in [0.4, 0.5) is 0 Å². The van der Waals surface area contributed by atoms with Gasteiger partial charge in [-0.25, -0.2) is 0 Å². The number of hydrogen-bond acceptors (Lipinski definition) is 3. The summed E-state index contributed by atoms with van der Waals surface area (Å²) in [6.45, 7) is 2.10. The molecule has 1 amide bonds. The van der Waals surface area contributed by atoms with Crippen LogP contribution in [0, 0.1) is 6.92 Å². The Morgan fingerprint density at radius 1 is 1.43 bits per heavy atom. The Bertz CT molecular complexity index is 686. The van der Waals surface area contributed by atoms with Crippen molar-refractivity contribution in [1.29, 1.82) is 0 Å². The van der Waals surface area contributed by atoms with Crippen LogP contribution in [0.15, 0.2) is 22.6 Å². The zero-order valence-corrected chi connectivity index (χ0v) is 12.7. The molecule has 2 aromatic rings. The summed E-state index contributed by atoms with van der Waals surface area (Å²) >= 11 is 5.97. The van der Waals surface area contributed by atoms with Gasteiger partial charge in [-0.05, 0) is 38.0 Å². The highest BCUT2D eigenvalue weighted by molar-refractivity contribution is 6.31. The second-order valence-corrected chi connectivity index (χ2v) is 6.25. The number of rotatable bonds is 3. The molecule has 2 N–H and O–H groups in total. The summed E-state index contributed by atoms with van der Waals surface area (Å²) in [5.41, 5.74) is 0.642. The Balaban J connectivity index is 1.80. The van der Waals surface area contributed by atoms with Crippen molar-refractivity contribution >= 4 is 28.5 Å². The average molecular weight is 308 g/mol. The molecular formula is C16H18ClNO3. The molecule has 1 aliphatic carbocycles. The number of benzene rings is 1. The van der Waals surface area contributed by atoms with Gasteiger partial charge in [0.1, 0.15) is 5.58 Å². The molecule has 21 heavy (non-hydrogen) atoms. The van der Waals surface area contributed by atoms with Crippen molar-refractivity contribution < 1.29 is 14.3 Å². The molecule has 1 aromatic carbocycles. The van der Waals surface area contributed by atoms with Gasteiger partial charge in [0, 0.05) is 22.5 Å². The molecule has 112 valence electrons. The first kappa shape index (κ1) is 14.4. The van der Waals surface area contributed by atoms with Crippen LogP contribution in [0.2, 0.25) is 5.02 Å². The molecule has 0 atom stereocenters. The first-order chi connectivity index (χ1) is 9.98. The molecule has 0 saturated heterocycles. The molecule has 0 bridgehead atoms. The standard InChI is InChI=1S/C16H18ClNO3/c1-10-12-8-11(17)4-5-13(12)21-14(10)15(19)18-9-16(20)6-2-3-7-16/h4-5,8,20H,2-3,6-7,9H2,1H3,(H,18,19). The second-order valence-electron chi connectivity index (χ2n) is 5.81. The van der Waals surface area contributed by atoms with Crippen LogP contribution in [-0.2, 0) is 0 Å². The molecule has 1 saturated carbocycles. The number of nitrogens with one attached hydrogen (secondary N) is 1. The van der Waals surface area contributed by atoms with E-state index in [1.54, 1.807) is 18.2 Å². The van der Waals surface area contributed by atoms with E-state index in [0.29, 0.717) is 10.6 Å². The summed E-state index contributed by atoms with van der Waals surface area (Å²) in [6.07, 6.45) is 3.49. The zero-order chi connectivity index (χ0) is 15.0. The fourth-order valence-electron chi connectivity index (χ4n) is 2.94. The lowest BCUT2D eigenvalue weighted by atomic mass is 10.0. The van der Waals surface area contributed by atoms with E-state index in [1.165, 1.54) is 0 Å². The minimum atomic E-state index is -0.765. The molecule has 1 fully saturated rings. The van der Waals surface area contributed by atoms with Crippen LogP contribution in [0.1, 0.15) is 41.8 Å².